The molecular weight excluding hydrogens is 304 g/mol. The number of nitrogens with one attached hydrogen (secondary N) is 2. The molecule has 0 aromatic carbocycles. The number of aromatic nitrogens is 2. The van der Waals surface area contributed by atoms with Crippen LogP contribution in [0.15, 0.2) is 6.20 Å². The molecule has 1 saturated carbocycles. The molecule has 1 aliphatic heterocycles. The van der Waals surface area contributed by atoms with Crippen molar-refractivity contribution in [3.63, 3.8) is 0 Å². The molecule has 2 heterocycles. The van der Waals surface area contributed by atoms with E-state index >= 15 is 0 Å². The predicted octanol–water partition coefficient (Wildman–Crippen LogP) is 2.01. The Morgan fingerprint density at radius 2 is 2.25 bits per heavy atom. The highest BCUT2D eigenvalue weighted by Gasteiger charge is 2.23. The second-order valence-electron chi connectivity index (χ2n) is 7.14. The van der Waals surface area contributed by atoms with Crippen molar-refractivity contribution in [3.05, 3.63) is 17.7 Å². The first-order chi connectivity index (χ1) is 11.7. The van der Waals surface area contributed by atoms with E-state index in [1.165, 1.54) is 19.3 Å². The number of aromatic amines is 1. The lowest BCUT2D eigenvalue weighted by molar-refractivity contribution is -0.126. The minimum atomic E-state index is 0.203. The molecule has 6 heteroatoms. The van der Waals surface area contributed by atoms with E-state index in [1.54, 1.807) is 0 Å². The Labute approximate surface area is 144 Å². The van der Waals surface area contributed by atoms with Crippen LogP contribution in [0.25, 0.3) is 0 Å². The topological polar surface area (TPSA) is 70.2 Å². The van der Waals surface area contributed by atoms with E-state index in [0.29, 0.717) is 0 Å². The first-order valence-corrected chi connectivity index (χ1v) is 9.33. The zero-order chi connectivity index (χ0) is 16.8. The quantitative estimate of drug-likeness (QED) is 0.835. The normalized spacial score (nSPS) is 23.3. The molecule has 1 atom stereocenters. The molecule has 0 bridgehead atoms. The van der Waals surface area contributed by atoms with Gasteiger partial charge in [0.05, 0.1) is 12.7 Å². The maximum Gasteiger partial charge on any atom is 0.223 e. The molecule has 1 aliphatic carbocycles. The van der Waals surface area contributed by atoms with Gasteiger partial charge in [0.25, 0.3) is 0 Å². The molecule has 0 radical (unpaired) electrons. The van der Waals surface area contributed by atoms with E-state index in [9.17, 15) is 4.79 Å². The molecule has 1 saturated heterocycles. The number of ether oxygens (including phenoxy) is 1. The first-order valence-electron chi connectivity index (χ1n) is 9.33. The van der Waals surface area contributed by atoms with Crippen LogP contribution in [-0.4, -0.2) is 53.1 Å². The molecule has 6 nitrogen and oxygen atoms in total. The number of hydrogen-bond acceptors (Lipinski definition) is 4. The molecule has 2 aliphatic rings. The van der Waals surface area contributed by atoms with Gasteiger partial charge in [-0.1, -0.05) is 19.3 Å². The maximum absolute atomic E-state index is 12.2. The summed E-state index contributed by atoms with van der Waals surface area (Å²) >= 11 is 0. The minimum absolute atomic E-state index is 0.203. The van der Waals surface area contributed by atoms with Gasteiger partial charge in [0, 0.05) is 44.0 Å². The van der Waals surface area contributed by atoms with Gasteiger partial charge < -0.3 is 15.0 Å². The van der Waals surface area contributed by atoms with Gasteiger partial charge in [-0.05, 0) is 26.2 Å². The van der Waals surface area contributed by atoms with Crippen molar-refractivity contribution in [3.8, 4) is 0 Å². The summed E-state index contributed by atoms with van der Waals surface area (Å²) < 4.78 is 5.86. The summed E-state index contributed by atoms with van der Waals surface area (Å²) in [5.74, 6) is 1.45. The van der Waals surface area contributed by atoms with Crippen LogP contribution in [-0.2, 0) is 16.1 Å². The standard InChI is InChI=1S/C18H30N4O2/c1-14-20-11-16(21-14)12-22-9-10-24-17(13-22)7-8-19-18(23)15-5-3-2-4-6-15/h11,15,17H,2-10,12-13H2,1H3,(H,19,23)(H,20,21)/t17-/m1/s1. The van der Waals surface area contributed by atoms with E-state index in [2.05, 4.69) is 20.2 Å². The van der Waals surface area contributed by atoms with Crippen molar-refractivity contribution >= 4 is 5.91 Å². The van der Waals surface area contributed by atoms with Crippen LogP contribution in [0.1, 0.15) is 50.0 Å². The maximum atomic E-state index is 12.2. The van der Waals surface area contributed by atoms with Crippen molar-refractivity contribution in [2.75, 3.05) is 26.2 Å². The Hall–Kier alpha value is -1.40. The third-order valence-corrected chi connectivity index (χ3v) is 5.11. The summed E-state index contributed by atoms with van der Waals surface area (Å²) in [6, 6.07) is 0. The molecular formula is C18H30N4O2. The molecule has 0 unspecified atom stereocenters. The number of carbonyl (C=O) groups excluding carboxylic acids is 1. The van der Waals surface area contributed by atoms with Gasteiger partial charge in [0.1, 0.15) is 5.82 Å². The highest BCUT2D eigenvalue weighted by atomic mass is 16.5. The molecule has 1 aromatic heterocycles. The van der Waals surface area contributed by atoms with Gasteiger partial charge in [-0.2, -0.15) is 0 Å². The lowest BCUT2D eigenvalue weighted by Gasteiger charge is -2.32. The second-order valence-corrected chi connectivity index (χ2v) is 7.14. The van der Waals surface area contributed by atoms with Gasteiger partial charge >= 0.3 is 0 Å². The minimum Gasteiger partial charge on any atom is -0.375 e. The zero-order valence-electron chi connectivity index (χ0n) is 14.7. The molecule has 1 aromatic rings. The number of carbonyl (C=O) groups is 1. The largest absolute Gasteiger partial charge is 0.375 e. The van der Waals surface area contributed by atoms with Gasteiger partial charge in [0.15, 0.2) is 0 Å². The van der Waals surface area contributed by atoms with Gasteiger partial charge in [-0.3, -0.25) is 9.69 Å². The summed E-state index contributed by atoms with van der Waals surface area (Å²) in [6.45, 7) is 6.20. The fourth-order valence-electron chi connectivity index (χ4n) is 3.76. The van der Waals surface area contributed by atoms with Crippen LogP contribution in [0.2, 0.25) is 0 Å². The zero-order valence-corrected chi connectivity index (χ0v) is 14.7. The third kappa shape index (κ3) is 5.05. The SMILES string of the molecule is Cc1ncc(CN2CCO[C@H](CCNC(=O)C3CCCCC3)C2)[nH]1. The predicted molar refractivity (Wildman–Crippen MR) is 92.5 cm³/mol. The number of morpholine rings is 1. The molecule has 2 fully saturated rings. The van der Waals surface area contributed by atoms with Gasteiger partial charge in [-0.15, -0.1) is 0 Å². The van der Waals surface area contributed by atoms with Crippen molar-refractivity contribution in [2.24, 2.45) is 5.92 Å². The van der Waals surface area contributed by atoms with Crippen LogP contribution in [0.3, 0.4) is 0 Å². The number of rotatable bonds is 6. The monoisotopic (exact) mass is 334 g/mol. The Balaban J connectivity index is 1.36. The number of H-pyrrole nitrogens is 1. The molecule has 3 rings (SSSR count). The van der Waals surface area contributed by atoms with Gasteiger partial charge in [0.2, 0.25) is 5.91 Å². The van der Waals surface area contributed by atoms with E-state index < -0.39 is 0 Å². The molecule has 1 amide bonds. The molecule has 24 heavy (non-hydrogen) atoms. The van der Waals surface area contributed by atoms with E-state index in [0.717, 1.165) is 63.6 Å². The van der Waals surface area contributed by atoms with Crippen molar-refractivity contribution in [2.45, 2.75) is 58.1 Å². The van der Waals surface area contributed by atoms with Crippen LogP contribution in [0, 0.1) is 12.8 Å². The lowest BCUT2D eigenvalue weighted by Crippen LogP contribution is -2.43. The Bertz CT molecular complexity index is 525. The van der Waals surface area contributed by atoms with Crippen LogP contribution in [0.5, 0.6) is 0 Å². The average molecular weight is 334 g/mol. The number of hydrogen-bond donors (Lipinski definition) is 2. The summed E-state index contributed by atoms with van der Waals surface area (Å²) in [7, 11) is 0. The molecule has 134 valence electrons. The van der Waals surface area contributed by atoms with E-state index in [4.69, 9.17) is 4.74 Å². The lowest BCUT2D eigenvalue weighted by atomic mass is 9.88. The highest BCUT2D eigenvalue weighted by molar-refractivity contribution is 5.78. The number of imidazole rings is 1. The summed E-state index contributed by atoms with van der Waals surface area (Å²) in [4.78, 5) is 22.1. The Morgan fingerprint density at radius 1 is 1.42 bits per heavy atom. The van der Waals surface area contributed by atoms with Crippen LogP contribution < -0.4 is 5.32 Å². The number of nitrogens with zero attached hydrogens (tertiary/aromatic N) is 2. The van der Waals surface area contributed by atoms with E-state index in [1.807, 2.05) is 13.1 Å². The smallest absolute Gasteiger partial charge is 0.223 e. The third-order valence-electron chi connectivity index (χ3n) is 5.11. The highest BCUT2D eigenvalue weighted by Crippen LogP contribution is 2.23. The second kappa shape index (κ2) is 8.62. The Kier molecular flexibility index (Phi) is 6.26. The van der Waals surface area contributed by atoms with E-state index in [-0.39, 0.29) is 17.9 Å². The fourth-order valence-corrected chi connectivity index (χ4v) is 3.76. The summed E-state index contributed by atoms with van der Waals surface area (Å²) in [6.07, 6.45) is 8.80. The number of amides is 1. The van der Waals surface area contributed by atoms with Crippen molar-refractivity contribution in [1.82, 2.24) is 20.2 Å². The Morgan fingerprint density at radius 3 is 3.00 bits per heavy atom. The molecule has 2 N–H and O–H groups in total. The van der Waals surface area contributed by atoms with Gasteiger partial charge in [-0.25, -0.2) is 4.98 Å². The van der Waals surface area contributed by atoms with Crippen molar-refractivity contribution < 1.29 is 9.53 Å². The van der Waals surface area contributed by atoms with Crippen LogP contribution >= 0.6 is 0 Å². The summed E-state index contributed by atoms with van der Waals surface area (Å²) in [5, 5.41) is 3.11. The fraction of sp³-hybridized carbons (Fsp3) is 0.778. The van der Waals surface area contributed by atoms with Crippen molar-refractivity contribution in [1.29, 1.82) is 0 Å². The number of aryl methyl sites for hydroxylation is 1. The molecule has 0 spiro atoms. The average Bonchev–Trinajstić information content (AvgIpc) is 3.01. The first kappa shape index (κ1) is 17.4. The summed E-state index contributed by atoms with van der Waals surface area (Å²) in [5.41, 5.74) is 1.15. The van der Waals surface area contributed by atoms with Crippen LogP contribution in [0.4, 0.5) is 0 Å².